The average molecular weight is 351 g/mol. The zero-order valence-electron chi connectivity index (χ0n) is 13.6. The molecule has 0 unspecified atom stereocenters. The zero-order chi connectivity index (χ0) is 17.5. The van der Waals surface area contributed by atoms with E-state index in [9.17, 15) is 4.79 Å². The van der Waals surface area contributed by atoms with Gasteiger partial charge in [-0.2, -0.15) is 5.26 Å². The van der Waals surface area contributed by atoms with Crippen molar-refractivity contribution in [3.05, 3.63) is 59.7 Å². The predicted molar refractivity (Wildman–Crippen MR) is 98.3 cm³/mol. The van der Waals surface area contributed by atoms with Gasteiger partial charge in [0.2, 0.25) is 0 Å². The molecule has 0 atom stereocenters. The number of nitriles is 1. The molecule has 0 saturated carbocycles. The molecule has 0 aliphatic heterocycles. The standard InChI is InChI=1S/C19H17N3O2S/c20-12-14-7-9-15(10-8-14)13-24-18(23)6-3-11-21-19-22-16-4-1-2-5-17(16)25-19/h1-2,4-5,7-10H,3,6,11,13H2,(H,21,22). The molecule has 126 valence electrons. The normalized spacial score (nSPS) is 10.4. The fourth-order valence-corrected chi connectivity index (χ4v) is 3.18. The minimum Gasteiger partial charge on any atom is -0.461 e. The number of ether oxygens (including phenoxy) is 1. The summed E-state index contributed by atoms with van der Waals surface area (Å²) in [6.45, 7) is 0.904. The number of nitrogens with zero attached hydrogens (tertiary/aromatic N) is 2. The number of aromatic nitrogens is 1. The van der Waals surface area contributed by atoms with Crippen LogP contribution in [0, 0.1) is 11.3 Å². The summed E-state index contributed by atoms with van der Waals surface area (Å²) in [5.74, 6) is -0.226. The molecule has 5 nitrogen and oxygen atoms in total. The maximum absolute atomic E-state index is 11.8. The molecular weight excluding hydrogens is 334 g/mol. The number of carbonyl (C=O) groups excluding carboxylic acids is 1. The number of benzene rings is 2. The number of fused-ring (bicyclic) bond motifs is 1. The Morgan fingerprint density at radius 3 is 2.76 bits per heavy atom. The number of rotatable bonds is 7. The van der Waals surface area contributed by atoms with Gasteiger partial charge in [-0.05, 0) is 36.2 Å². The smallest absolute Gasteiger partial charge is 0.306 e. The van der Waals surface area contributed by atoms with Crippen LogP contribution in [0.5, 0.6) is 0 Å². The fourth-order valence-electron chi connectivity index (χ4n) is 2.29. The number of esters is 1. The molecule has 25 heavy (non-hydrogen) atoms. The van der Waals surface area contributed by atoms with Crippen LogP contribution in [0.3, 0.4) is 0 Å². The van der Waals surface area contributed by atoms with E-state index >= 15 is 0 Å². The van der Waals surface area contributed by atoms with Crippen molar-refractivity contribution >= 4 is 32.7 Å². The molecule has 1 heterocycles. The van der Waals surface area contributed by atoms with Crippen molar-refractivity contribution in [3.63, 3.8) is 0 Å². The van der Waals surface area contributed by atoms with Crippen LogP contribution in [0.4, 0.5) is 5.13 Å². The Hall–Kier alpha value is -2.91. The van der Waals surface area contributed by atoms with Crippen LogP contribution in [0.25, 0.3) is 10.2 Å². The van der Waals surface area contributed by atoms with Crippen molar-refractivity contribution in [2.45, 2.75) is 19.4 Å². The van der Waals surface area contributed by atoms with E-state index in [4.69, 9.17) is 10.00 Å². The Kier molecular flexibility index (Phi) is 5.60. The van der Waals surface area contributed by atoms with Gasteiger partial charge in [-0.1, -0.05) is 35.6 Å². The van der Waals surface area contributed by atoms with E-state index in [0.29, 0.717) is 24.9 Å². The van der Waals surface area contributed by atoms with Crippen molar-refractivity contribution in [3.8, 4) is 6.07 Å². The number of hydrogen-bond acceptors (Lipinski definition) is 6. The quantitative estimate of drug-likeness (QED) is 0.512. The molecule has 3 aromatic rings. The van der Waals surface area contributed by atoms with E-state index in [1.807, 2.05) is 24.3 Å². The summed E-state index contributed by atoms with van der Waals surface area (Å²) in [6.07, 6.45) is 1.04. The van der Waals surface area contributed by atoms with E-state index in [0.717, 1.165) is 20.9 Å². The van der Waals surface area contributed by atoms with Crippen molar-refractivity contribution in [2.75, 3.05) is 11.9 Å². The van der Waals surface area contributed by atoms with E-state index in [1.165, 1.54) is 0 Å². The van der Waals surface area contributed by atoms with E-state index < -0.39 is 0 Å². The maximum atomic E-state index is 11.8. The van der Waals surface area contributed by atoms with Crippen LogP contribution in [-0.2, 0) is 16.1 Å². The topological polar surface area (TPSA) is 75.0 Å². The molecule has 3 rings (SSSR count). The van der Waals surface area contributed by atoms with Gasteiger partial charge in [0.05, 0.1) is 21.8 Å². The number of thiazole rings is 1. The van der Waals surface area contributed by atoms with Crippen LogP contribution in [0.2, 0.25) is 0 Å². The van der Waals surface area contributed by atoms with Crippen LogP contribution in [0.1, 0.15) is 24.0 Å². The molecule has 0 radical (unpaired) electrons. The Labute approximate surface area is 149 Å². The number of hydrogen-bond donors (Lipinski definition) is 1. The molecular formula is C19H17N3O2S. The summed E-state index contributed by atoms with van der Waals surface area (Å²) in [6, 6.07) is 17.1. The molecule has 1 aromatic heterocycles. The first-order valence-electron chi connectivity index (χ1n) is 7.99. The van der Waals surface area contributed by atoms with E-state index in [1.54, 1.807) is 35.6 Å². The van der Waals surface area contributed by atoms with Gasteiger partial charge in [0.25, 0.3) is 0 Å². The van der Waals surface area contributed by atoms with Gasteiger partial charge in [-0.15, -0.1) is 0 Å². The van der Waals surface area contributed by atoms with Gasteiger partial charge >= 0.3 is 5.97 Å². The van der Waals surface area contributed by atoms with Gasteiger partial charge in [-0.25, -0.2) is 4.98 Å². The Morgan fingerprint density at radius 1 is 1.20 bits per heavy atom. The largest absolute Gasteiger partial charge is 0.461 e. The van der Waals surface area contributed by atoms with Crippen LogP contribution < -0.4 is 5.32 Å². The van der Waals surface area contributed by atoms with E-state index in [2.05, 4.69) is 16.4 Å². The van der Waals surface area contributed by atoms with Crippen LogP contribution in [-0.4, -0.2) is 17.5 Å². The third kappa shape index (κ3) is 4.78. The molecule has 0 spiro atoms. The van der Waals surface area contributed by atoms with E-state index in [-0.39, 0.29) is 12.6 Å². The van der Waals surface area contributed by atoms with Crippen molar-refractivity contribution in [1.29, 1.82) is 5.26 Å². The average Bonchev–Trinajstić information content (AvgIpc) is 3.07. The number of para-hydroxylation sites is 1. The Balaban J connectivity index is 1.36. The monoisotopic (exact) mass is 351 g/mol. The van der Waals surface area contributed by atoms with Crippen molar-refractivity contribution in [2.24, 2.45) is 0 Å². The van der Waals surface area contributed by atoms with Gasteiger partial charge in [-0.3, -0.25) is 4.79 Å². The molecule has 0 aliphatic rings. The maximum Gasteiger partial charge on any atom is 0.306 e. The van der Waals surface area contributed by atoms with Gasteiger partial charge in [0, 0.05) is 13.0 Å². The lowest BCUT2D eigenvalue weighted by Crippen LogP contribution is -2.08. The second-order valence-electron chi connectivity index (χ2n) is 5.49. The SMILES string of the molecule is N#Cc1ccc(COC(=O)CCCNc2nc3ccccc3s2)cc1. The first kappa shape index (κ1) is 16.9. The summed E-state index contributed by atoms with van der Waals surface area (Å²) >= 11 is 1.61. The lowest BCUT2D eigenvalue weighted by molar-refractivity contribution is -0.145. The summed E-state index contributed by atoms with van der Waals surface area (Å²) < 4.78 is 6.38. The molecule has 0 aliphatic carbocycles. The van der Waals surface area contributed by atoms with Crippen molar-refractivity contribution in [1.82, 2.24) is 4.98 Å². The second kappa shape index (κ2) is 8.27. The summed E-state index contributed by atoms with van der Waals surface area (Å²) in [5.41, 5.74) is 2.45. The number of anilines is 1. The highest BCUT2D eigenvalue weighted by atomic mass is 32.1. The van der Waals surface area contributed by atoms with Crippen LogP contribution in [0.15, 0.2) is 48.5 Å². The number of carbonyl (C=O) groups is 1. The lowest BCUT2D eigenvalue weighted by Gasteiger charge is -2.05. The highest BCUT2D eigenvalue weighted by Gasteiger charge is 2.05. The van der Waals surface area contributed by atoms with Gasteiger partial charge < -0.3 is 10.1 Å². The number of nitrogens with one attached hydrogen (secondary N) is 1. The second-order valence-corrected chi connectivity index (χ2v) is 6.52. The van der Waals surface area contributed by atoms with Gasteiger partial charge in [0.15, 0.2) is 5.13 Å². The van der Waals surface area contributed by atoms with Gasteiger partial charge in [0.1, 0.15) is 6.61 Å². The first-order chi connectivity index (χ1) is 12.2. The summed E-state index contributed by atoms with van der Waals surface area (Å²) in [4.78, 5) is 16.3. The zero-order valence-corrected chi connectivity index (χ0v) is 14.4. The Morgan fingerprint density at radius 2 is 2.00 bits per heavy atom. The fraction of sp³-hybridized carbons (Fsp3) is 0.211. The third-order valence-electron chi connectivity index (χ3n) is 3.61. The molecule has 1 N–H and O–H groups in total. The Bertz CT molecular complexity index is 864. The highest BCUT2D eigenvalue weighted by molar-refractivity contribution is 7.22. The summed E-state index contributed by atoms with van der Waals surface area (Å²) in [5, 5.41) is 12.9. The molecule has 0 amide bonds. The van der Waals surface area contributed by atoms with Crippen molar-refractivity contribution < 1.29 is 9.53 Å². The summed E-state index contributed by atoms with van der Waals surface area (Å²) in [7, 11) is 0. The minimum absolute atomic E-state index is 0.226. The molecule has 6 heteroatoms. The third-order valence-corrected chi connectivity index (χ3v) is 4.60. The lowest BCUT2D eigenvalue weighted by atomic mass is 10.2. The molecule has 0 saturated heterocycles. The first-order valence-corrected chi connectivity index (χ1v) is 8.80. The van der Waals surface area contributed by atoms with Crippen LogP contribution >= 0.6 is 11.3 Å². The highest BCUT2D eigenvalue weighted by Crippen LogP contribution is 2.25. The molecule has 0 fully saturated rings. The molecule has 2 aromatic carbocycles. The predicted octanol–water partition coefficient (Wildman–Crippen LogP) is 4.10. The minimum atomic E-state index is -0.226. The molecule has 0 bridgehead atoms.